The molecule has 0 bridgehead atoms. The standard InChI is InChI=1S/C10H19N5/c1-7(2)10(11)9-6-15(14-13-9)8-3-4-12-5-8/h6-8,10,12H,3-5,11H2,1-2H3. The van der Waals surface area contributed by atoms with Gasteiger partial charge in [-0.2, -0.15) is 0 Å². The van der Waals surface area contributed by atoms with Crippen LogP contribution in [0.4, 0.5) is 0 Å². The van der Waals surface area contributed by atoms with Crippen LogP contribution in [0.1, 0.15) is 38.0 Å². The van der Waals surface area contributed by atoms with Crippen LogP contribution in [0.3, 0.4) is 0 Å². The highest BCUT2D eigenvalue weighted by Crippen LogP contribution is 2.19. The van der Waals surface area contributed by atoms with E-state index in [0.717, 1.165) is 25.2 Å². The van der Waals surface area contributed by atoms with E-state index in [-0.39, 0.29) is 6.04 Å². The second-order valence-electron chi connectivity index (χ2n) is 4.54. The van der Waals surface area contributed by atoms with Crippen molar-refractivity contribution < 1.29 is 0 Å². The maximum Gasteiger partial charge on any atom is 0.0996 e. The van der Waals surface area contributed by atoms with E-state index in [2.05, 4.69) is 29.5 Å². The van der Waals surface area contributed by atoms with Gasteiger partial charge in [-0.15, -0.1) is 5.10 Å². The molecule has 0 radical (unpaired) electrons. The lowest BCUT2D eigenvalue weighted by Gasteiger charge is -2.11. The van der Waals surface area contributed by atoms with Gasteiger partial charge in [0.2, 0.25) is 0 Å². The molecule has 0 saturated carbocycles. The lowest BCUT2D eigenvalue weighted by Crippen LogP contribution is -2.17. The van der Waals surface area contributed by atoms with Gasteiger partial charge in [-0.05, 0) is 18.9 Å². The third kappa shape index (κ3) is 2.18. The van der Waals surface area contributed by atoms with Crippen LogP contribution in [0.15, 0.2) is 6.20 Å². The molecule has 0 aliphatic carbocycles. The summed E-state index contributed by atoms with van der Waals surface area (Å²) < 4.78 is 1.94. The fourth-order valence-corrected chi connectivity index (χ4v) is 1.83. The van der Waals surface area contributed by atoms with Gasteiger partial charge in [0.1, 0.15) is 0 Å². The van der Waals surface area contributed by atoms with E-state index in [1.165, 1.54) is 0 Å². The molecule has 5 nitrogen and oxygen atoms in total. The Morgan fingerprint density at radius 3 is 3.00 bits per heavy atom. The van der Waals surface area contributed by atoms with Crippen molar-refractivity contribution in [1.82, 2.24) is 20.3 Å². The van der Waals surface area contributed by atoms with Gasteiger partial charge in [-0.25, -0.2) is 4.68 Å². The van der Waals surface area contributed by atoms with Gasteiger partial charge in [0.05, 0.1) is 24.0 Å². The van der Waals surface area contributed by atoms with Gasteiger partial charge in [0.15, 0.2) is 0 Å². The first-order valence-corrected chi connectivity index (χ1v) is 5.56. The molecule has 1 aromatic heterocycles. The van der Waals surface area contributed by atoms with Crippen LogP contribution in [0, 0.1) is 5.92 Å². The van der Waals surface area contributed by atoms with Crippen LogP contribution in [0.2, 0.25) is 0 Å². The summed E-state index contributed by atoms with van der Waals surface area (Å²) in [4.78, 5) is 0. The summed E-state index contributed by atoms with van der Waals surface area (Å²) in [7, 11) is 0. The monoisotopic (exact) mass is 209 g/mol. The number of rotatable bonds is 3. The van der Waals surface area contributed by atoms with E-state index in [1.807, 2.05) is 10.9 Å². The number of nitrogens with zero attached hydrogens (tertiary/aromatic N) is 3. The van der Waals surface area contributed by atoms with Crippen molar-refractivity contribution in [2.24, 2.45) is 11.7 Å². The Labute approximate surface area is 90.0 Å². The molecule has 3 N–H and O–H groups in total. The van der Waals surface area contributed by atoms with E-state index in [0.29, 0.717) is 12.0 Å². The molecular formula is C10H19N5. The summed E-state index contributed by atoms with van der Waals surface area (Å²) in [6, 6.07) is 0.443. The molecule has 15 heavy (non-hydrogen) atoms. The second kappa shape index (κ2) is 4.28. The maximum absolute atomic E-state index is 6.02. The molecule has 5 heteroatoms. The highest BCUT2D eigenvalue weighted by Gasteiger charge is 2.20. The van der Waals surface area contributed by atoms with Gasteiger partial charge >= 0.3 is 0 Å². The fraction of sp³-hybridized carbons (Fsp3) is 0.800. The van der Waals surface area contributed by atoms with Crippen molar-refractivity contribution in [2.75, 3.05) is 13.1 Å². The molecule has 2 unspecified atom stereocenters. The van der Waals surface area contributed by atoms with Crippen molar-refractivity contribution in [3.8, 4) is 0 Å². The lowest BCUT2D eigenvalue weighted by atomic mass is 10.0. The highest BCUT2D eigenvalue weighted by molar-refractivity contribution is 5.01. The highest BCUT2D eigenvalue weighted by atomic mass is 15.4. The van der Waals surface area contributed by atoms with Crippen LogP contribution in [0.25, 0.3) is 0 Å². The molecule has 84 valence electrons. The molecule has 0 amide bonds. The van der Waals surface area contributed by atoms with Crippen molar-refractivity contribution in [3.63, 3.8) is 0 Å². The fourth-order valence-electron chi connectivity index (χ4n) is 1.83. The largest absolute Gasteiger partial charge is 0.322 e. The van der Waals surface area contributed by atoms with Crippen LogP contribution in [-0.4, -0.2) is 28.1 Å². The SMILES string of the molecule is CC(C)C(N)c1cn(C2CCNC2)nn1. The van der Waals surface area contributed by atoms with Gasteiger partial charge in [0.25, 0.3) is 0 Å². The second-order valence-corrected chi connectivity index (χ2v) is 4.54. The number of hydrogen-bond donors (Lipinski definition) is 2. The van der Waals surface area contributed by atoms with Gasteiger partial charge in [-0.3, -0.25) is 0 Å². The van der Waals surface area contributed by atoms with Crippen molar-refractivity contribution in [2.45, 2.75) is 32.4 Å². The van der Waals surface area contributed by atoms with Gasteiger partial charge < -0.3 is 11.1 Å². The summed E-state index contributed by atoms with van der Waals surface area (Å²) >= 11 is 0. The Balaban J connectivity index is 2.09. The van der Waals surface area contributed by atoms with Crippen molar-refractivity contribution in [3.05, 3.63) is 11.9 Å². The Kier molecular flexibility index (Phi) is 3.02. The summed E-state index contributed by atoms with van der Waals surface area (Å²) in [5, 5.41) is 11.6. The molecule has 2 rings (SSSR count). The summed E-state index contributed by atoms with van der Waals surface area (Å²) in [6.45, 7) is 6.25. The molecule has 2 atom stereocenters. The first-order chi connectivity index (χ1) is 7.18. The Morgan fingerprint density at radius 1 is 1.60 bits per heavy atom. The predicted molar refractivity (Wildman–Crippen MR) is 58.3 cm³/mol. The zero-order valence-electron chi connectivity index (χ0n) is 9.35. The zero-order valence-corrected chi connectivity index (χ0v) is 9.35. The molecule has 0 aromatic carbocycles. The summed E-state index contributed by atoms with van der Waals surface area (Å²) in [5.41, 5.74) is 6.92. The zero-order chi connectivity index (χ0) is 10.8. The minimum atomic E-state index is -0.00638. The molecular weight excluding hydrogens is 190 g/mol. The molecule has 2 heterocycles. The summed E-state index contributed by atoms with van der Waals surface area (Å²) in [5.74, 6) is 0.400. The van der Waals surface area contributed by atoms with E-state index in [4.69, 9.17) is 5.73 Å². The van der Waals surface area contributed by atoms with E-state index < -0.39 is 0 Å². The number of nitrogens with one attached hydrogen (secondary N) is 1. The topological polar surface area (TPSA) is 68.8 Å². The van der Waals surface area contributed by atoms with E-state index >= 15 is 0 Å². The summed E-state index contributed by atoms with van der Waals surface area (Å²) in [6.07, 6.45) is 3.11. The first-order valence-electron chi connectivity index (χ1n) is 5.56. The third-order valence-electron chi connectivity index (χ3n) is 3.00. The lowest BCUT2D eigenvalue weighted by molar-refractivity contribution is 0.476. The normalized spacial score (nSPS) is 23.6. The van der Waals surface area contributed by atoms with Crippen LogP contribution in [-0.2, 0) is 0 Å². The van der Waals surface area contributed by atoms with Gasteiger partial charge in [0, 0.05) is 6.54 Å². The Bertz CT molecular complexity index is 297. The molecule has 0 spiro atoms. The minimum Gasteiger partial charge on any atom is -0.322 e. The van der Waals surface area contributed by atoms with Crippen LogP contribution < -0.4 is 11.1 Å². The molecule has 1 aliphatic heterocycles. The van der Waals surface area contributed by atoms with E-state index in [1.54, 1.807) is 0 Å². The maximum atomic E-state index is 6.02. The van der Waals surface area contributed by atoms with Gasteiger partial charge in [-0.1, -0.05) is 19.1 Å². The van der Waals surface area contributed by atoms with Crippen molar-refractivity contribution in [1.29, 1.82) is 0 Å². The van der Waals surface area contributed by atoms with E-state index in [9.17, 15) is 0 Å². The number of aromatic nitrogens is 3. The Hall–Kier alpha value is -0.940. The average Bonchev–Trinajstić information content (AvgIpc) is 2.86. The average molecular weight is 209 g/mol. The Morgan fingerprint density at radius 2 is 2.40 bits per heavy atom. The third-order valence-corrected chi connectivity index (χ3v) is 3.00. The first kappa shape index (κ1) is 10.6. The predicted octanol–water partition coefficient (Wildman–Crippen LogP) is 0.468. The molecule has 1 saturated heterocycles. The number of hydrogen-bond acceptors (Lipinski definition) is 4. The smallest absolute Gasteiger partial charge is 0.0996 e. The minimum absolute atomic E-state index is 0.00638. The quantitative estimate of drug-likeness (QED) is 0.759. The van der Waals surface area contributed by atoms with Crippen molar-refractivity contribution >= 4 is 0 Å². The van der Waals surface area contributed by atoms with Crippen LogP contribution >= 0.6 is 0 Å². The van der Waals surface area contributed by atoms with Crippen LogP contribution in [0.5, 0.6) is 0 Å². The molecule has 1 aliphatic rings. The number of nitrogens with two attached hydrogens (primary N) is 1. The molecule has 1 aromatic rings. The molecule has 1 fully saturated rings.